The van der Waals surface area contributed by atoms with E-state index in [1.165, 1.54) is 12.1 Å². The molecule has 97 heavy (non-hydrogen) atoms. The first-order valence-electron chi connectivity index (χ1n) is 33.1. The van der Waals surface area contributed by atoms with Gasteiger partial charge in [0.05, 0.1) is 44.6 Å². The van der Waals surface area contributed by atoms with Crippen molar-refractivity contribution in [2.75, 3.05) is 13.2 Å². The zero-order chi connectivity index (χ0) is 68.4. The molecule has 0 bridgehead atoms. The fourth-order valence-electron chi connectivity index (χ4n) is 14.4. The summed E-state index contributed by atoms with van der Waals surface area (Å²) in [4.78, 5) is 0. The van der Waals surface area contributed by atoms with Gasteiger partial charge in [0.25, 0.3) is 11.5 Å². The van der Waals surface area contributed by atoms with Crippen LogP contribution in [0.15, 0.2) is 121 Å². The van der Waals surface area contributed by atoms with E-state index in [0.717, 1.165) is 102 Å². The second-order valence-electron chi connectivity index (χ2n) is 34.3. The summed E-state index contributed by atoms with van der Waals surface area (Å²) in [6.07, 6.45) is 1.65. The molecule has 4 N–H and O–H groups in total. The minimum atomic E-state index is -0.913. The summed E-state index contributed by atoms with van der Waals surface area (Å²) in [7, 11) is 0. The molecule has 6 nitrogen and oxygen atoms in total. The third-order valence-electron chi connectivity index (χ3n) is 18.7. The number of hydrogen-bond acceptors (Lipinski definition) is 2. The van der Waals surface area contributed by atoms with Crippen molar-refractivity contribution >= 4 is 43.6 Å². The first-order chi connectivity index (χ1) is 42.8. The van der Waals surface area contributed by atoms with Gasteiger partial charge in [-0.3, -0.25) is 0 Å². The quantitative estimate of drug-likeness (QED) is 0.0493. The molecule has 0 spiro atoms. The third kappa shape index (κ3) is 16.1. The molecule has 11 heteroatoms. The maximum atomic E-state index is 16.8. The van der Waals surface area contributed by atoms with E-state index in [1.54, 1.807) is 0 Å². The van der Waals surface area contributed by atoms with Crippen molar-refractivity contribution < 1.29 is 63.5 Å². The minimum absolute atomic E-state index is 0. The summed E-state index contributed by atoms with van der Waals surface area (Å²) in [5.41, 5.74) is 9.13. The van der Waals surface area contributed by atoms with Crippen molar-refractivity contribution in [1.82, 2.24) is 9.13 Å². The zero-order valence-electron chi connectivity index (χ0n) is 62.8. The number of aromatic nitrogens is 2. The molecule has 0 unspecified atom stereocenters. The van der Waals surface area contributed by atoms with Gasteiger partial charge in [0.1, 0.15) is 29.6 Å². The molecule has 0 aliphatic carbocycles. The molecule has 0 saturated heterocycles. The maximum Gasteiger partial charge on any atom is 0.299 e. The molecule has 0 radical (unpaired) electrons. The number of phenols is 2. The molecule has 8 aromatic carbocycles. The summed E-state index contributed by atoms with van der Waals surface area (Å²) in [6, 6.07) is 37.9. The second-order valence-corrected chi connectivity index (χ2v) is 34.3. The van der Waals surface area contributed by atoms with Gasteiger partial charge in [-0.2, -0.15) is 8.78 Å². The number of aliphatic hydroxyl groups is 2. The van der Waals surface area contributed by atoms with E-state index in [0.29, 0.717) is 11.4 Å². The third-order valence-corrected chi connectivity index (χ3v) is 18.7. The topological polar surface area (TPSA) is 75.9 Å². The number of nitrogens with zero attached hydrogens (tertiary/aromatic N) is 2. The average Bonchev–Trinajstić information content (AvgIpc) is 1.63. The van der Waals surface area contributed by atoms with E-state index in [4.69, 9.17) is 9.47 Å². The van der Waals surface area contributed by atoms with Gasteiger partial charge in [-0.25, -0.2) is 8.78 Å². The van der Waals surface area contributed by atoms with Gasteiger partial charge in [-0.15, -0.1) is 0 Å². The number of hydrogen-bond donors (Lipinski definition) is 2. The molecule has 0 atom stereocenters. The molecule has 10 aromatic rings. The van der Waals surface area contributed by atoms with Crippen LogP contribution in [-0.2, 0) is 58.7 Å². The maximum absolute atomic E-state index is 16.8. The first-order valence-corrected chi connectivity index (χ1v) is 33.1. The molecule has 0 aliphatic heterocycles. The van der Waals surface area contributed by atoms with E-state index < -0.39 is 34.1 Å². The van der Waals surface area contributed by atoms with Crippen LogP contribution in [0.4, 0.5) is 17.6 Å². The largest absolute Gasteiger partial charge is 0.580 e. The zero-order valence-corrected chi connectivity index (χ0v) is 65.2. The predicted octanol–water partition coefficient (Wildman–Crippen LogP) is 24.7. The summed E-state index contributed by atoms with van der Waals surface area (Å²) >= 11 is 0. The van der Waals surface area contributed by atoms with Gasteiger partial charge in [0.15, 0.2) is 13.2 Å². The van der Waals surface area contributed by atoms with E-state index in [2.05, 4.69) is 234 Å². The number of phenolic OH excluding ortho intramolecular Hbond substituents is 2. The van der Waals surface area contributed by atoms with Gasteiger partial charge < -0.3 is 51.1 Å². The van der Waals surface area contributed by atoms with Crippen LogP contribution >= 0.6 is 0 Å². The Hall–Kier alpha value is -6.84. The van der Waals surface area contributed by atoms with Crippen molar-refractivity contribution in [2.24, 2.45) is 10.8 Å². The van der Waals surface area contributed by atoms with Crippen LogP contribution in [0.1, 0.15) is 205 Å². The van der Waals surface area contributed by atoms with Crippen molar-refractivity contribution in [3.05, 3.63) is 200 Å². The van der Waals surface area contributed by atoms with Crippen LogP contribution in [0.25, 0.3) is 77.2 Å². The molecule has 0 aliphatic rings. The second kappa shape index (κ2) is 27.7. The van der Waals surface area contributed by atoms with E-state index in [-0.39, 0.29) is 146 Å². The van der Waals surface area contributed by atoms with Crippen molar-refractivity contribution in [2.45, 2.75) is 204 Å². The number of aromatic hydroxyl groups is 4. The molecule has 0 fully saturated rings. The number of fused-ring (bicyclic) bond motifs is 6. The number of rotatable bonds is 14. The van der Waals surface area contributed by atoms with E-state index in [9.17, 15) is 10.2 Å². The van der Waals surface area contributed by atoms with Crippen molar-refractivity contribution in [3.8, 4) is 56.6 Å². The molecule has 0 amide bonds. The fourth-order valence-corrected chi connectivity index (χ4v) is 14.4. The summed E-state index contributed by atoms with van der Waals surface area (Å²) in [5, 5.41) is 30.2. The van der Waals surface area contributed by atoms with Crippen LogP contribution in [0.5, 0.6) is 23.0 Å². The van der Waals surface area contributed by atoms with Gasteiger partial charge in [0.2, 0.25) is 11.6 Å². The first kappa shape index (κ1) is 79.2. The molecule has 520 valence electrons. The van der Waals surface area contributed by atoms with E-state index >= 15 is 17.6 Å². The fraction of sp³-hybridized carbons (Fsp3) is 0.407. The summed E-state index contributed by atoms with van der Waals surface area (Å²) in [5.74, 6) is -4.12. The Morgan fingerprint density at radius 2 is 0.608 bits per heavy atom. The Morgan fingerprint density at radius 3 is 0.856 bits per heavy atom. The Morgan fingerprint density at radius 1 is 0.340 bits per heavy atom. The summed E-state index contributed by atoms with van der Waals surface area (Å²) in [6.45, 7) is 47.8. The molecular formula is C86H109F4N2O4Zr-. The molecule has 2 heterocycles. The van der Waals surface area contributed by atoms with Crippen molar-refractivity contribution in [3.63, 3.8) is 0 Å². The Balaban J connectivity index is 0.00000372. The van der Waals surface area contributed by atoms with E-state index in [1.807, 2.05) is 24.3 Å². The predicted molar refractivity (Wildman–Crippen MR) is 402 cm³/mol. The smallest absolute Gasteiger partial charge is 0.299 e. The van der Waals surface area contributed by atoms with Crippen LogP contribution in [0.2, 0.25) is 0 Å². The van der Waals surface area contributed by atoms with Gasteiger partial charge in [0, 0.05) is 71.0 Å². The van der Waals surface area contributed by atoms with Crippen LogP contribution in [-0.4, -0.2) is 42.0 Å². The summed E-state index contributed by atoms with van der Waals surface area (Å²) < 4.78 is 79.6. The Bertz CT molecular complexity index is 4130. The van der Waals surface area contributed by atoms with Gasteiger partial charge in [-0.05, 0) is 150 Å². The standard InChI is InChI=1S/C83H98F4N2O4.3CH3.Zr/c1-76(2,3)46-82(19,20)52-34-60(72(90)70(40-52)88-66-36-48(78(7,8)9)24-28-56(66)57-29-25-49(37-67(57)88)79(10,11)12)62-42-54(84)44-64(86)74(62)92-32-23-33-93-75-63(43-55(85)45-65(75)87)61-35-53(83(21,22)47-77(4,5)6)41-71(73(61)91)89-68-38-50(80(13,14)15)26-30-58(68)59-31-27-51(39-69(59)89)81(16,17)18;;;;/h24-31,34-45,90-91H,23,32-33,46-47H2,1-22H3;3*1H3;/q;3*-1;/p+2. The number of ether oxygens (including phenoxy) is 2. The van der Waals surface area contributed by atoms with Gasteiger partial charge >= 0.3 is 0 Å². The number of halogens is 4. The van der Waals surface area contributed by atoms with Crippen LogP contribution < -0.4 is 0 Å². The molecular weight excluding hydrogens is 1290 g/mol. The minimum Gasteiger partial charge on any atom is -0.580 e. The SMILES string of the molecule is CC(C)(C)CC(C)(C)c1cc(-c2cc(F)cc(F)c2[OH+]CCC[OH+]c2c(F)cc(F)cc2-c2cc(C(C)(C)CC(C)(C)C)cc(-n3c4cc(C(C)(C)C)ccc4c4ccc(C(C)(C)C)cc43)c2O)c(O)c(-n2c3cc(C(C)(C)C)ccc3c3ccc(C(C)(C)C)cc32)c1.[CH3-].[CH3-].[CH3-].[Zr]. The number of benzene rings is 8. The average molecular weight is 1400 g/mol. The normalized spacial score (nSPS) is 12.8. The van der Waals surface area contributed by atoms with Crippen LogP contribution in [0, 0.1) is 56.4 Å². The molecule has 2 aromatic heterocycles. The Labute approximate surface area is 597 Å². The molecule has 0 saturated carbocycles. The van der Waals surface area contributed by atoms with Gasteiger partial charge in [-0.1, -0.05) is 201 Å². The van der Waals surface area contributed by atoms with Crippen molar-refractivity contribution in [1.29, 1.82) is 0 Å². The molecule has 10 rings (SSSR count). The van der Waals surface area contributed by atoms with Crippen LogP contribution in [0.3, 0.4) is 0 Å². The Kier molecular flexibility index (Phi) is 22.6. The monoisotopic (exact) mass is 1400 g/mol.